The van der Waals surface area contributed by atoms with Crippen LogP contribution in [0.4, 0.5) is 0 Å². The van der Waals surface area contributed by atoms with Crippen LogP contribution >= 0.6 is 38.9 Å². The van der Waals surface area contributed by atoms with Crippen LogP contribution in [0.2, 0.25) is 0 Å². The first-order valence-corrected chi connectivity index (χ1v) is 11.8. The second-order valence-corrected chi connectivity index (χ2v) is 12.7. The molecular formula is C10H15Cl3NO4PS. The molecule has 0 saturated carbocycles. The van der Waals surface area contributed by atoms with E-state index in [9.17, 15) is 18.2 Å². The number of pyridine rings is 1. The summed E-state index contributed by atoms with van der Waals surface area (Å²) in [4.78, 5) is 0. The van der Waals surface area contributed by atoms with Gasteiger partial charge in [0.15, 0.2) is 6.20 Å². The van der Waals surface area contributed by atoms with Gasteiger partial charge in [0.25, 0.3) is 0 Å². The first-order chi connectivity index (χ1) is 8.86. The molecule has 0 N–H and O–H groups in total. The number of hydrogen-bond acceptors (Lipinski definition) is 4. The van der Waals surface area contributed by atoms with Gasteiger partial charge < -0.3 is 5.21 Å². The molecule has 0 unspecified atom stereocenters. The summed E-state index contributed by atoms with van der Waals surface area (Å²) in [5.41, 5.74) is 0.880. The lowest BCUT2D eigenvalue weighted by Gasteiger charge is -2.09. The molecule has 0 aliphatic carbocycles. The maximum Gasteiger partial charge on any atom is 0.339 e. The van der Waals surface area contributed by atoms with Crippen molar-refractivity contribution in [2.24, 2.45) is 0 Å². The minimum absolute atomic E-state index is 0.180. The molecule has 0 aromatic carbocycles. The number of sulfone groups is 1. The van der Waals surface area contributed by atoms with Gasteiger partial charge in [-0.15, -0.1) is 0 Å². The summed E-state index contributed by atoms with van der Waals surface area (Å²) in [5.74, 6) is 0.256. The predicted octanol–water partition coefficient (Wildman–Crippen LogP) is 4.05. The van der Waals surface area contributed by atoms with Crippen LogP contribution in [0.1, 0.15) is 31.7 Å². The highest BCUT2D eigenvalue weighted by Crippen LogP contribution is 2.61. The summed E-state index contributed by atoms with van der Waals surface area (Å²) in [7, 11) is -3.45. The monoisotopic (exact) mass is 381 g/mol. The van der Waals surface area contributed by atoms with Crippen LogP contribution in [0.25, 0.3) is 0 Å². The Morgan fingerprint density at radius 3 is 2.20 bits per heavy atom. The van der Waals surface area contributed by atoms with Crippen molar-refractivity contribution in [3.63, 3.8) is 0 Å². The zero-order valence-electron chi connectivity index (χ0n) is 11.1. The van der Waals surface area contributed by atoms with Gasteiger partial charge in [0.1, 0.15) is 0 Å². The molecule has 20 heavy (non-hydrogen) atoms. The highest BCUT2D eigenvalue weighted by Gasteiger charge is 2.19. The van der Waals surface area contributed by atoms with E-state index in [0.29, 0.717) is 4.73 Å². The summed E-state index contributed by atoms with van der Waals surface area (Å²) < 4.78 is 32.5. The first-order valence-electron chi connectivity index (χ1n) is 5.48. The molecule has 0 aliphatic rings. The quantitative estimate of drug-likeness (QED) is 0.449. The lowest BCUT2D eigenvalue weighted by Crippen LogP contribution is -2.33. The third-order valence-corrected chi connectivity index (χ3v) is 3.53. The van der Waals surface area contributed by atoms with Crippen LogP contribution in [-0.4, -0.2) is 14.7 Å². The zero-order chi connectivity index (χ0) is 16.1. The Hall–Kier alpha value is -0.000000000000000111. The van der Waals surface area contributed by atoms with Crippen LogP contribution in [-0.2, 0) is 14.4 Å². The summed E-state index contributed by atoms with van der Waals surface area (Å²) in [6.07, 6.45) is 3.20. The molecule has 0 fully saturated rings. The van der Waals surface area contributed by atoms with Crippen LogP contribution < -0.4 is 4.73 Å². The molecule has 0 amide bonds. The summed E-state index contributed by atoms with van der Waals surface area (Å²) in [6, 6.07) is 3.12. The minimum atomic E-state index is -3.45. The van der Waals surface area contributed by atoms with E-state index in [4.69, 9.17) is 0 Å². The lowest BCUT2D eigenvalue weighted by molar-refractivity contribution is -0.646. The molecule has 0 bridgehead atoms. The minimum Gasteiger partial charge on any atom is -0.618 e. The molecule has 0 aliphatic heterocycles. The largest absolute Gasteiger partial charge is 0.618 e. The van der Waals surface area contributed by atoms with E-state index in [2.05, 4.69) is 33.7 Å². The Labute approximate surface area is 133 Å². The fraction of sp³-hybridized carbons (Fsp3) is 0.500. The summed E-state index contributed by atoms with van der Waals surface area (Å²) in [5, 5.41) is 7.86. The van der Waals surface area contributed by atoms with Crippen molar-refractivity contribution in [2.45, 2.75) is 31.2 Å². The van der Waals surface area contributed by atoms with Crippen LogP contribution in [0, 0.1) is 5.21 Å². The third kappa shape index (κ3) is 8.32. The standard InChI is InChI=1S/C10H15NO3S.Cl3OP/c1-4-8(2)9-5-6-11(12)10(7-9)15(3,13)14;1-5(2,3)4/h5-8H,4H2,1-3H3;/t8-;/m0./s1. The van der Waals surface area contributed by atoms with E-state index in [0.717, 1.165) is 18.2 Å². The highest BCUT2D eigenvalue weighted by atomic mass is 36.0. The summed E-state index contributed by atoms with van der Waals surface area (Å²) in [6.45, 7) is 4.01. The molecule has 5 nitrogen and oxygen atoms in total. The number of rotatable bonds is 3. The predicted molar refractivity (Wildman–Crippen MR) is 82.4 cm³/mol. The Morgan fingerprint density at radius 2 is 1.85 bits per heavy atom. The number of hydrogen-bond donors (Lipinski definition) is 0. The van der Waals surface area contributed by atoms with Crippen molar-refractivity contribution in [3.8, 4) is 0 Å². The van der Waals surface area contributed by atoms with Gasteiger partial charge in [-0.3, -0.25) is 4.57 Å². The summed E-state index contributed by atoms with van der Waals surface area (Å²) >= 11 is 13.8. The van der Waals surface area contributed by atoms with E-state index in [1.165, 1.54) is 12.3 Å². The molecule has 1 rings (SSSR count). The Balaban J connectivity index is 0.000000621. The molecule has 10 heteroatoms. The zero-order valence-corrected chi connectivity index (χ0v) is 15.1. The van der Waals surface area contributed by atoms with Gasteiger partial charge in [-0.25, -0.2) is 8.42 Å². The smallest absolute Gasteiger partial charge is 0.339 e. The van der Waals surface area contributed by atoms with E-state index in [1.807, 2.05) is 13.8 Å². The van der Waals surface area contributed by atoms with E-state index >= 15 is 0 Å². The van der Waals surface area contributed by atoms with Crippen molar-refractivity contribution in [1.29, 1.82) is 0 Å². The van der Waals surface area contributed by atoms with Gasteiger partial charge in [-0.2, -0.15) is 4.73 Å². The average Bonchev–Trinajstić information content (AvgIpc) is 2.24. The Morgan fingerprint density at radius 1 is 1.40 bits per heavy atom. The van der Waals surface area contributed by atoms with Crippen molar-refractivity contribution >= 4 is 48.8 Å². The second-order valence-electron chi connectivity index (χ2n) is 4.10. The van der Waals surface area contributed by atoms with Gasteiger partial charge >= 0.3 is 10.2 Å². The molecule has 1 atom stereocenters. The number of halogens is 3. The normalized spacial score (nSPS) is 13.3. The Kier molecular flexibility index (Phi) is 7.85. The molecule has 116 valence electrons. The maximum atomic E-state index is 11.3. The van der Waals surface area contributed by atoms with Crippen molar-refractivity contribution in [2.75, 3.05) is 6.26 Å². The first kappa shape index (κ1) is 20.0. The van der Waals surface area contributed by atoms with Crippen molar-refractivity contribution in [1.82, 2.24) is 0 Å². The number of nitrogens with zero attached hydrogens (tertiary/aromatic N) is 1. The average molecular weight is 383 g/mol. The van der Waals surface area contributed by atoms with Gasteiger partial charge in [0, 0.05) is 18.4 Å². The fourth-order valence-electron chi connectivity index (χ4n) is 1.29. The van der Waals surface area contributed by atoms with Gasteiger partial charge in [0.2, 0.25) is 9.84 Å². The van der Waals surface area contributed by atoms with Crippen molar-refractivity contribution < 1.29 is 17.7 Å². The molecule has 0 saturated heterocycles. The molecule has 0 radical (unpaired) electrons. The van der Waals surface area contributed by atoms with Crippen LogP contribution in [0.5, 0.6) is 0 Å². The van der Waals surface area contributed by atoms with E-state index < -0.39 is 15.0 Å². The van der Waals surface area contributed by atoms with Gasteiger partial charge in [-0.1, -0.05) is 13.8 Å². The molecule has 1 aromatic rings. The topological polar surface area (TPSA) is 78.2 Å². The Bertz CT molecular complexity index is 594. The van der Waals surface area contributed by atoms with Gasteiger partial charge in [-0.05, 0) is 51.6 Å². The fourth-order valence-corrected chi connectivity index (χ4v) is 2.03. The molecule has 0 spiro atoms. The van der Waals surface area contributed by atoms with Gasteiger partial charge in [0.05, 0.1) is 0 Å². The van der Waals surface area contributed by atoms with E-state index in [-0.39, 0.29) is 10.9 Å². The molecular weight excluding hydrogens is 368 g/mol. The lowest BCUT2D eigenvalue weighted by atomic mass is 10.0. The third-order valence-electron chi connectivity index (χ3n) is 2.47. The van der Waals surface area contributed by atoms with E-state index in [1.54, 1.807) is 6.07 Å². The van der Waals surface area contributed by atoms with Crippen molar-refractivity contribution in [3.05, 3.63) is 29.1 Å². The van der Waals surface area contributed by atoms with Crippen LogP contribution in [0.3, 0.4) is 0 Å². The highest BCUT2D eigenvalue weighted by molar-refractivity contribution is 8.24. The maximum absolute atomic E-state index is 11.3. The number of aromatic nitrogens is 1. The molecule has 1 aromatic heterocycles. The van der Waals surface area contributed by atoms with Crippen LogP contribution in [0.15, 0.2) is 23.4 Å². The molecule has 1 heterocycles. The SMILES string of the molecule is CC[C@H](C)c1cc[n+]([O-])c(S(C)(=O)=O)c1.O=P(Cl)(Cl)Cl. The second kappa shape index (κ2) is 7.85.